The molecule has 20 nitrogen and oxygen atoms in total. The van der Waals surface area contributed by atoms with Gasteiger partial charge in [0.25, 0.3) is 23.6 Å². The highest BCUT2D eigenvalue weighted by Crippen LogP contribution is 2.20. The second-order valence-corrected chi connectivity index (χ2v) is 14.6. The van der Waals surface area contributed by atoms with Crippen molar-refractivity contribution < 1.29 is 66.0 Å². The Labute approximate surface area is 347 Å². The molecule has 0 bridgehead atoms. The highest BCUT2D eigenvalue weighted by molar-refractivity contribution is 6.02. The van der Waals surface area contributed by atoms with E-state index in [1.165, 1.54) is 0 Å². The molecule has 4 saturated heterocycles. The molecule has 328 valence electrons. The summed E-state index contributed by atoms with van der Waals surface area (Å²) in [6.45, 7) is 7.13. The number of likely N-dealkylation sites (tertiary alicyclic amines) is 2. The summed E-state index contributed by atoms with van der Waals surface area (Å²) in [5, 5.41) is 11.1. The molecule has 4 aliphatic heterocycles. The minimum Gasteiger partial charge on any atom is -0.355 e. The lowest BCUT2D eigenvalue weighted by molar-refractivity contribution is -0.197. The van der Waals surface area contributed by atoms with Crippen molar-refractivity contribution in [1.82, 2.24) is 41.2 Å². The van der Waals surface area contributed by atoms with Gasteiger partial charge >= 0.3 is 11.9 Å². The number of hydrogen-bond donors (Lipinski definition) is 4. The quantitative estimate of drug-likeness (QED) is 0.0713. The van der Waals surface area contributed by atoms with E-state index in [1.54, 1.807) is 9.80 Å². The van der Waals surface area contributed by atoms with Crippen LogP contribution in [0.5, 0.6) is 0 Å². The lowest BCUT2D eigenvalue weighted by Crippen LogP contribution is -2.45. The Kier molecular flexibility index (Phi) is 17.1. The maximum Gasteiger partial charge on any atom is 0.334 e. The maximum atomic E-state index is 12.5. The Balaban J connectivity index is 0.000000621. The van der Waals surface area contributed by atoms with Crippen LogP contribution >= 0.6 is 0 Å². The van der Waals surface area contributed by atoms with E-state index in [-0.39, 0.29) is 92.2 Å². The van der Waals surface area contributed by atoms with Gasteiger partial charge in [-0.15, -0.1) is 10.1 Å². The molecular weight excluding hydrogens is 770 g/mol. The first-order chi connectivity index (χ1) is 29.1. The molecule has 4 atom stereocenters. The summed E-state index contributed by atoms with van der Waals surface area (Å²) in [5.74, 6) is -5.84. The Morgan fingerprint density at radius 1 is 0.603 bits per heavy atom. The van der Waals surface area contributed by atoms with Gasteiger partial charge in [0, 0.05) is 83.3 Å². The Bertz CT molecular complexity index is 1560. The molecule has 4 N–H and O–H groups in total. The number of nitrogens with zero attached hydrogens (tertiary/aromatic N) is 4. The van der Waals surface area contributed by atoms with Crippen molar-refractivity contribution in [1.29, 1.82) is 0 Å². The minimum absolute atomic E-state index is 0. The lowest BCUT2D eigenvalue weighted by Gasteiger charge is -2.25. The zero-order valence-electron chi connectivity index (χ0n) is 37.7. The van der Waals surface area contributed by atoms with Crippen LogP contribution < -0.4 is 21.3 Å². The van der Waals surface area contributed by atoms with Crippen molar-refractivity contribution in [3.8, 4) is 0 Å². The van der Waals surface area contributed by atoms with Crippen LogP contribution in [0.15, 0.2) is 0 Å². The van der Waals surface area contributed by atoms with Crippen molar-refractivity contribution in [3.63, 3.8) is 0 Å². The third kappa shape index (κ3) is 16.1. The summed E-state index contributed by atoms with van der Waals surface area (Å²) in [6.07, 6.45) is 1.46. The molecule has 0 saturated carbocycles. The number of imide groups is 2. The monoisotopic (exact) mass is 839 g/mol. The van der Waals surface area contributed by atoms with E-state index in [0.29, 0.717) is 48.9 Å². The van der Waals surface area contributed by atoms with Gasteiger partial charge in [-0.3, -0.25) is 48.2 Å². The molecule has 58 heavy (non-hydrogen) atoms. The Morgan fingerprint density at radius 2 is 0.931 bits per heavy atom. The van der Waals surface area contributed by atoms with Gasteiger partial charge in [-0.1, -0.05) is 27.7 Å². The third-order valence-corrected chi connectivity index (χ3v) is 8.77. The summed E-state index contributed by atoms with van der Waals surface area (Å²) in [4.78, 5) is 130. The zero-order chi connectivity index (χ0) is 46.4. The molecule has 4 heterocycles. The predicted octanol–water partition coefficient (Wildman–Crippen LogP) is -0.0548. The van der Waals surface area contributed by atoms with Gasteiger partial charge in [-0.05, 0) is 50.6 Å². The van der Waals surface area contributed by atoms with Crippen LogP contribution in [0, 0.1) is 11.8 Å². The molecule has 0 aromatic heterocycles. The van der Waals surface area contributed by atoms with Crippen molar-refractivity contribution in [3.05, 3.63) is 0 Å². The van der Waals surface area contributed by atoms with Gasteiger partial charge < -0.3 is 30.9 Å². The molecule has 20 heteroatoms. The van der Waals surface area contributed by atoms with Crippen LogP contribution in [-0.4, -0.2) is 143 Å². The molecule has 4 unspecified atom stereocenters. The van der Waals surface area contributed by atoms with Crippen LogP contribution in [0.3, 0.4) is 0 Å². The van der Waals surface area contributed by atoms with Crippen LogP contribution in [0.4, 0.5) is 0 Å². The predicted molar refractivity (Wildman–Crippen MR) is 208 cm³/mol. The van der Waals surface area contributed by atoms with E-state index >= 15 is 0 Å². The SMILES string of the molecule is [2H][13CH]([13CH]([13CH3])[13CH3])N1CCCC1([2H])C(=O)[15NH]CCC(=O)NCCC(=O)ON1C(=O)CCC1=O.[2H][13CH]([13CH]([13CH3])[13CH3])[15N]1CCCC1([2H])C(=O)NCCC(=O)NCCC(=O)ON1C(=O)CCC1=O.[HH].[HH]. The molecule has 0 spiro atoms. The van der Waals surface area contributed by atoms with Crippen LogP contribution in [-0.2, 0) is 57.6 Å². The number of nitrogens with one attached hydrogen (secondary N) is 4. The summed E-state index contributed by atoms with van der Waals surface area (Å²) in [6, 6.07) is -3.03. The highest BCUT2D eigenvalue weighted by atomic mass is 16.7. The second kappa shape index (κ2) is 24.1. The smallest absolute Gasteiger partial charge is 0.334 e. The average molecular weight is 839 g/mol. The Hall–Kier alpha value is -4.98. The minimum atomic E-state index is -1.51. The van der Waals surface area contributed by atoms with E-state index in [9.17, 15) is 47.9 Å². The average Bonchev–Trinajstić information content (AvgIpc) is 3.98. The van der Waals surface area contributed by atoms with Gasteiger partial charge in [-0.2, -0.15) is 0 Å². The molecule has 0 aromatic carbocycles. The Morgan fingerprint density at radius 3 is 1.26 bits per heavy atom. The van der Waals surface area contributed by atoms with Gasteiger partial charge in [0.1, 0.15) is 0 Å². The first kappa shape index (κ1) is 41.2. The van der Waals surface area contributed by atoms with Gasteiger partial charge in [0.15, 0.2) is 0 Å². The lowest BCUT2D eigenvalue weighted by atomic mass is 10.2. The summed E-state index contributed by atoms with van der Waals surface area (Å²) in [5.41, 5.74) is 0. The van der Waals surface area contributed by atoms with Crippen molar-refractivity contribution in [2.75, 3.05) is 52.3 Å². The molecular formula is C38H64N8O12. The largest absolute Gasteiger partial charge is 0.355 e. The number of rotatable bonds is 20. The van der Waals surface area contributed by atoms with E-state index in [4.69, 9.17) is 15.2 Å². The van der Waals surface area contributed by atoms with Crippen LogP contribution in [0.25, 0.3) is 0 Å². The standard InChI is InChI=1S/2C19H30N4O6.2H2/c2*1-13(2)12-22-11-3-4-14(22)19(28)21-9-7-15(24)20-10-8-18(27)29-23-16(25)5-6-17(23)26;;/h2*13-14H,3-12H2,1-2H3,(H,20,24)(H,21,28);2*1H/i1+1,2+1,12+1D,13+1,14D,22+1;1+1,2+1,12+1D,13+1,14D,21+1;;. The zero-order valence-corrected chi connectivity index (χ0v) is 33.7. The van der Waals surface area contributed by atoms with E-state index in [2.05, 4.69) is 21.3 Å². The molecule has 0 radical (unpaired) electrons. The number of hydrogen-bond acceptors (Lipinski definition) is 14. The number of hydroxylamine groups is 4. The van der Waals surface area contributed by atoms with Crippen LogP contribution in [0.1, 0.15) is 113 Å². The topological polar surface area (TPSA) is 250 Å². The van der Waals surface area contributed by atoms with Gasteiger partial charge in [0.05, 0.1) is 27.6 Å². The highest BCUT2D eigenvalue weighted by Gasteiger charge is 2.35. The fourth-order valence-electron chi connectivity index (χ4n) is 6.11. The van der Waals surface area contributed by atoms with E-state index in [0.717, 1.165) is 0 Å². The van der Waals surface area contributed by atoms with Crippen molar-refractivity contribution in [2.45, 2.75) is 117 Å². The first-order valence-electron chi connectivity index (χ1n) is 21.9. The van der Waals surface area contributed by atoms with Crippen molar-refractivity contribution >= 4 is 59.2 Å². The number of amides is 8. The first-order valence-corrected chi connectivity index (χ1v) is 19.7. The van der Waals surface area contributed by atoms with Crippen molar-refractivity contribution in [2.24, 2.45) is 11.8 Å². The number of carbonyl (C=O) groups is 10. The summed E-state index contributed by atoms with van der Waals surface area (Å²) in [7, 11) is 0. The van der Waals surface area contributed by atoms with Gasteiger partial charge in [-0.25, -0.2) is 9.59 Å². The fourth-order valence-corrected chi connectivity index (χ4v) is 6.11. The molecule has 4 aliphatic rings. The van der Waals surface area contributed by atoms with E-state index in [1.807, 2.05) is 27.7 Å². The third-order valence-electron chi connectivity index (χ3n) is 8.77. The normalized spacial score (nSPS) is 24.3. The molecule has 8 amide bonds. The molecule has 0 aliphatic carbocycles. The maximum absolute atomic E-state index is 12.5. The second-order valence-electron chi connectivity index (χ2n) is 14.6. The van der Waals surface area contributed by atoms with Crippen LogP contribution in [0.2, 0.25) is 0 Å². The summed E-state index contributed by atoms with van der Waals surface area (Å²) >= 11 is 0. The fraction of sp³-hybridized carbons (Fsp3) is 0.737. The summed E-state index contributed by atoms with van der Waals surface area (Å²) < 4.78 is 33.5. The molecule has 4 fully saturated rings. The molecule has 4 rings (SSSR count). The number of carbonyl (C=O) groups excluding carboxylic acids is 10. The van der Waals surface area contributed by atoms with E-state index < -0.39 is 84.3 Å². The van der Waals surface area contributed by atoms with Gasteiger partial charge in [0.2, 0.25) is 23.6 Å². The molecule has 0 aromatic rings.